The van der Waals surface area contributed by atoms with Gasteiger partial charge in [0.2, 0.25) is 10.0 Å². The average molecular weight is 258 g/mol. The Balaban J connectivity index is 3.34. The van der Waals surface area contributed by atoms with E-state index in [1.807, 2.05) is 0 Å². The van der Waals surface area contributed by atoms with Crippen LogP contribution in [0.4, 0.5) is 0 Å². The molecule has 0 fully saturated rings. The van der Waals surface area contributed by atoms with Gasteiger partial charge in [-0.2, -0.15) is 0 Å². The molecule has 3 N–H and O–H groups in total. The zero-order valence-corrected chi connectivity index (χ0v) is 10.4. The van der Waals surface area contributed by atoms with Crippen LogP contribution in [0.3, 0.4) is 0 Å². The number of amides is 1. The van der Waals surface area contributed by atoms with Gasteiger partial charge in [0.15, 0.2) is 0 Å². The first kappa shape index (κ1) is 13.6. The first-order valence-electron chi connectivity index (χ1n) is 4.77. The van der Waals surface area contributed by atoms with E-state index in [1.54, 1.807) is 0 Å². The summed E-state index contributed by atoms with van der Waals surface area (Å²) in [5, 5.41) is 7.49. The molecule has 0 aliphatic rings. The van der Waals surface area contributed by atoms with Crippen molar-refractivity contribution < 1.29 is 17.9 Å². The highest BCUT2D eigenvalue weighted by Gasteiger charge is 2.16. The van der Waals surface area contributed by atoms with E-state index in [0.717, 1.165) is 0 Å². The minimum atomic E-state index is -3.88. The van der Waals surface area contributed by atoms with Gasteiger partial charge in [-0.25, -0.2) is 13.6 Å². The van der Waals surface area contributed by atoms with Gasteiger partial charge >= 0.3 is 0 Å². The van der Waals surface area contributed by atoms with E-state index >= 15 is 0 Å². The Morgan fingerprint density at radius 1 is 1.47 bits per heavy atom. The maximum atomic E-state index is 11.4. The first-order chi connectivity index (χ1) is 7.90. The van der Waals surface area contributed by atoms with Crippen LogP contribution < -0.4 is 10.5 Å². The van der Waals surface area contributed by atoms with Gasteiger partial charge in [0.25, 0.3) is 5.91 Å². The second-order valence-electron chi connectivity index (χ2n) is 3.38. The Morgan fingerprint density at radius 2 is 2.12 bits per heavy atom. The minimum Gasteiger partial charge on any atom is -0.380 e. The maximum Gasteiger partial charge on any atom is 0.251 e. The second-order valence-corrected chi connectivity index (χ2v) is 4.91. The summed E-state index contributed by atoms with van der Waals surface area (Å²) in [6.07, 6.45) is 0. The topological polar surface area (TPSA) is 98.5 Å². The van der Waals surface area contributed by atoms with Crippen LogP contribution in [0.5, 0.6) is 0 Å². The van der Waals surface area contributed by atoms with Crippen LogP contribution in [-0.2, 0) is 21.4 Å². The summed E-state index contributed by atoms with van der Waals surface area (Å²) < 4.78 is 27.6. The molecule has 94 valence electrons. The lowest BCUT2D eigenvalue weighted by Crippen LogP contribution is -2.20. The average Bonchev–Trinajstić information content (AvgIpc) is 2.27. The van der Waals surface area contributed by atoms with Gasteiger partial charge < -0.3 is 10.1 Å². The molecule has 1 amide bonds. The molecule has 0 unspecified atom stereocenters. The Kier molecular flexibility index (Phi) is 4.22. The number of sulfonamides is 1. The van der Waals surface area contributed by atoms with Crippen molar-refractivity contribution >= 4 is 15.9 Å². The molecule has 0 heterocycles. The van der Waals surface area contributed by atoms with Crippen molar-refractivity contribution in [2.24, 2.45) is 5.14 Å². The number of rotatable bonds is 4. The molecule has 1 aromatic carbocycles. The fourth-order valence-electron chi connectivity index (χ4n) is 1.38. The number of ether oxygens (including phenoxy) is 1. The molecule has 0 aliphatic heterocycles. The van der Waals surface area contributed by atoms with Crippen molar-refractivity contribution in [3.8, 4) is 0 Å². The highest BCUT2D eigenvalue weighted by molar-refractivity contribution is 7.89. The monoisotopic (exact) mass is 258 g/mol. The summed E-state index contributed by atoms with van der Waals surface area (Å²) in [7, 11) is -0.976. The number of carbonyl (C=O) groups is 1. The maximum absolute atomic E-state index is 11.4. The molecule has 17 heavy (non-hydrogen) atoms. The standard InChI is InChI=1S/C10H14N2O4S/c1-12-10(13)7-3-4-8(6-16-2)9(5-7)17(11,14)15/h3-5H,6H2,1-2H3,(H,12,13)(H2,11,14,15). The summed E-state index contributed by atoms with van der Waals surface area (Å²) in [6, 6.07) is 4.26. The molecular weight excluding hydrogens is 244 g/mol. The lowest BCUT2D eigenvalue weighted by Gasteiger charge is -2.08. The van der Waals surface area contributed by atoms with Crippen LogP contribution in [0, 0.1) is 0 Å². The summed E-state index contributed by atoms with van der Waals surface area (Å²) in [6.45, 7) is 0.111. The molecule has 0 bridgehead atoms. The van der Waals surface area contributed by atoms with E-state index < -0.39 is 10.0 Å². The number of hydrogen-bond acceptors (Lipinski definition) is 4. The lowest BCUT2D eigenvalue weighted by atomic mass is 10.1. The number of primary sulfonamides is 1. The van der Waals surface area contributed by atoms with Crippen LogP contribution in [0.25, 0.3) is 0 Å². The predicted molar refractivity (Wildman–Crippen MR) is 61.9 cm³/mol. The third kappa shape index (κ3) is 3.26. The van der Waals surface area contributed by atoms with Gasteiger partial charge in [-0.3, -0.25) is 4.79 Å². The van der Waals surface area contributed by atoms with E-state index in [0.29, 0.717) is 5.56 Å². The van der Waals surface area contributed by atoms with Crippen molar-refractivity contribution in [3.05, 3.63) is 29.3 Å². The molecule has 1 aromatic rings. The number of methoxy groups -OCH3 is 1. The van der Waals surface area contributed by atoms with Gasteiger partial charge in [-0.15, -0.1) is 0 Å². The SMILES string of the molecule is CNC(=O)c1ccc(COC)c(S(N)(=O)=O)c1. The van der Waals surface area contributed by atoms with Crippen molar-refractivity contribution in [2.75, 3.05) is 14.2 Å². The number of nitrogens with two attached hydrogens (primary N) is 1. The molecule has 0 saturated carbocycles. The summed E-state index contributed by atoms with van der Waals surface area (Å²) in [4.78, 5) is 11.3. The molecule has 0 saturated heterocycles. The number of benzene rings is 1. The molecule has 0 aromatic heterocycles. The van der Waals surface area contributed by atoms with E-state index in [1.165, 1.54) is 32.4 Å². The predicted octanol–water partition coefficient (Wildman–Crippen LogP) is -0.160. The number of carbonyl (C=O) groups excluding carboxylic acids is 1. The molecular formula is C10H14N2O4S. The summed E-state index contributed by atoms with van der Waals surface area (Å²) in [5.41, 5.74) is 0.652. The van der Waals surface area contributed by atoms with Crippen LogP contribution >= 0.6 is 0 Å². The van der Waals surface area contributed by atoms with E-state index in [9.17, 15) is 13.2 Å². The molecule has 7 heteroatoms. The van der Waals surface area contributed by atoms with E-state index in [4.69, 9.17) is 9.88 Å². The quantitative estimate of drug-likeness (QED) is 0.784. The molecule has 0 radical (unpaired) electrons. The van der Waals surface area contributed by atoms with Crippen LogP contribution in [0.2, 0.25) is 0 Å². The zero-order chi connectivity index (χ0) is 13.1. The Labute approximate surface area is 99.8 Å². The zero-order valence-electron chi connectivity index (χ0n) is 9.56. The summed E-state index contributed by atoms with van der Waals surface area (Å²) >= 11 is 0. The van der Waals surface area contributed by atoms with Crippen molar-refractivity contribution in [1.82, 2.24) is 5.32 Å². The molecule has 1 rings (SSSR count). The van der Waals surface area contributed by atoms with Crippen LogP contribution in [-0.4, -0.2) is 28.5 Å². The van der Waals surface area contributed by atoms with Crippen molar-refractivity contribution in [3.63, 3.8) is 0 Å². The Hall–Kier alpha value is -1.44. The largest absolute Gasteiger partial charge is 0.380 e. The van der Waals surface area contributed by atoms with Gasteiger partial charge in [0.1, 0.15) is 0 Å². The highest BCUT2D eigenvalue weighted by Crippen LogP contribution is 2.17. The third-order valence-corrected chi connectivity index (χ3v) is 3.16. The number of nitrogens with one attached hydrogen (secondary N) is 1. The third-order valence-electron chi connectivity index (χ3n) is 2.16. The van der Waals surface area contributed by atoms with E-state index in [-0.39, 0.29) is 23.0 Å². The fraction of sp³-hybridized carbons (Fsp3) is 0.300. The van der Waals surface area contributed by atoms with Gasteiger partial charge in [0.05, 0.1) is 11.5 Å². The normalized spacial score (nSPS) is 11.2. The molecule has 0 atom stereocenters. The first-order valence-corrected chi connectivity index (χ1v) is 6.31. The van der Waals surface area contributed by atoms with Gasteiger partial charge in [0, 0.05) is 19.7 Å². The second kappa shape index (κ2) is 5.26. The van der Waals surface area contributed by atoms with E-state index in [2.05, 4.69) is 5.32 Å². The smallest absolute Gasteiger partial charge is 0.251 e. The molecule has 0 spiro atoms. The fourth-order valence-corrected chi connectivity index (χ4v) is 2.16. The Morgan fingerprint density at radius 3 is 2.59 bits per heavy atom. The highest BCUT2D eigenvalue weighted by atomic mass is 32.2. The molecule has 6 nitrogen and oxygen atoms in total. The van der Waals surface area contributed by atoms with Crippen LogP contribution in [0.15, 0.2) is 23.1 Å². The number of hydrogen-bond donors (Lipinski definition) is 2. The van der Waals surface area contributed by atoms with Crippen molar-refractivity contribution in [2.45, 2.75) is 11.5 Å². The Bertz CT molecular complexity index is 525. The van der Waals surface area contributed by atoms with Gasteiger partial charge in [-0.05, 0) is 17.7 Å². The molecule has 0 aliphatic carbocycles. The van der Waals surface area contributed by atoms with Crippen LogP contribution in [0.1, 0.15) is 15.9 Å². The summed E-state index contributed by atoms with van der Waals surface area (Å²) in [5.74, 6) is -0.376. The van der Waals surface area contributed by atoms with Crippen molar-refractivity contribution in [1.29, 1.82) is 0 Å². The van der Waals surface area contributed by atoms with Gasteiger partial charge in [-0.1, -0.05) is 6.07 Å². The lowest BCUT2D eigenvalue weighted by molar-refractivity contribution is 0.0962. The minimum absolute atomic E-state index is 0.0968.